The van der Waals surface area contributed by atoms with Crippen LogP contribution in [-0.4, -0.2) is 12.5 Å². The number of hydrogen-bond donors (Lipinski definition) is 2. The topological polar surface area (TPSA) is 64.9 Å². The van der Waals surface area contributed by atoms with Gasteiger partial charge in [0, 0.05) is 5.69 Å². The molecule has 0 saturated carbocycles. The van der Waals surface area contributed by atoms with Gasteiger partial charge in [-0.05, 0) is 42.5 Å². The average Bonchev–Trinajstić information content (AvgIpc) is 2.48. The van der Waals surface area contributed by atoms with Crippen LogP contribution < -0.4 is 10.6 Å². The third-order valence-corrected chi connectivity index (χ3v) is 2.98. The number of rotatable bonds is 4. The highest BCUT2D eigenvalue weighted by atomic mass is 35.5. The van der Waals surface area contributed by atoms with Gasteiger partial charge in [0.25, 0.3) is 0 Å². The Hall–Kier alpha value is -2.58. The highest BCUT2D eigenvalue weighted by Gasteiger charge is 2.05. The van der Waals surface area contributed by atoms with Crippen molar-refractivity contribution in [3.05, 3.63) is 58.9 Å². The van der Waals surface area contributed by atoms with Crippen LogP contribution in [-0.2, 0) is 4.79 Å². The van der Waals surface area contributed by atoms with Crippen molar-refractivity contribution >= 4 is 28.9 Å². The Bertz CT molecular complexity index is 695. The first kappa shape index (κ1) is 14.8. The second-order valence-corrected chi connectivity index (χ2v) is 4.62. The Morgan fingerprint density at radius 3 is 2.57 bits per heavy atom. The Morgan fingerprint density at radius 2 is 1.95 bits per heavy atom. The van der Waals surface area contributed by atoms with E-state index in [0.717, 1.165) is 0 Å². The fourth-order valence-electron chi connectivity index (χ4n) is 1.64. The predicted octanol–water partition coefficient (Wildman–Crippen LogP) is 3.40. The number of nitrogens with zero attached hydrogens (tertiary/aromatic N) is 1. The molecule has 0 spiro atoms. The first-order chi connectivity index (χ1) is 10.1. The maximum absolute atomic E-state index is 12.7. The molecule has 106 valence electrons. The molecule has 0 bridgehead atoms. The lowest BCUT2D eigenvalue weighted by atomic mass is 10.2. The Labute approximate surface area is 126 Å². The summed E-state index contributed by atoms with van der Waals surface area (Å²) in [5.41, 5.74) is 1.51. The second kappa shape index (κ2) is 6.73. The molecule has 21 heavy (non-hydrogen) atoms. The van der Waals surface area contributed by atoms with E-state index in [4.69, 9.17) is 16.9 Å². The van der Waals surface area contributed by atoms with Crippen molar-refractivity contribution in [1.82, 2.24) is 0 Å². The Balaban J connectivity index is 1.92. The maximum atomic E-state index is 12.7. The molecule has 2 N–H and O–H groups in total. The van der Waals surface area contributed by atoms with Gasteiger partial charge in [0.05, 0.1) is 28.9 Å². The number of amides is 1. The molecule has 0 saturated heterocycles. The summed E-state index contributed by atoms with van der Waals surface area (Å²) in [5.74, 6) is -0.655. The largest absolute Gasteiger partial charge is 0.375 e. The lowest BCUT2D eigenvalue weighted by molar-refractivity contribution is -0.114. The van der Waals surface area contributed by atoms with E-state index in [1.54, 1.807) is 12.1 Å². The lowest BCUT2D eigenvalue weighted by Gasteiger charge is -2.09. The van der Waals surface area contributed by atoms with Crippen LogP contribution in [0.3, 0.4) is 0 Å². The van der Waals surface area contributed by atoms with Gasteiger partial charge in [-0.2, -0.15) is 5.26 Å². The van der Waals surface area contributed by atoms with Crippen molar-refractivity contribution in [2.75, 3.05) is 17.2 Å². The van der Waals surface area contributed by atoms with Crippen LogP contribution in [0.4, 0.5) is 15.8 Å². The van der Waals surface area contributed by atoms with E-state index >= 15 is 0 Å². The van der Waals surface area contributed by atoms with Crippen molar-refractivity contribution in [3.8, 4) is 6.07 Å². The molecule has 4 nitrogen and oxygen atoms in total. The number of nitriles is 1. The van der Waals surface area contributed by atoms with Gasteiger partial charge in [0.2, 0.25) is 5.91 Å². The SMILES string of the molecule is N#Cc1ccc(NCC(=O)Nc2ccc(F)cc2)c(Cl)c1. The van der Waals surface area contributed by atoms with Crippen LogP contribution in [0.2, 0.25) is 5.02 Å². The zero-order valence-corrected chi connectivity index (χ0v) is 11.6. The minimum absolute atomic E-state index is 0.00297. The zero-order valence-electron chi connectivity index (χ0n) is 10.9. The number of halogens is 2. The summed E-state index contributed by atoms with van der Waals surface area (Å²) in [6.45, 7) is 0.00297. The fourth-order valence-corrected chi connectivity index (χ4v) is 1.89. The fraction of sp³-hybridized carbons (Fsp3) is 0.0667. The molecule has 1 amide bonds. The number of nitrogens with one attached hydrogen (secondary N) is 2. The molecule has 0 aliphatic rings. The van der Waals surface area contributed by atoms with Gasteiger partial charge < -0.3 is 10.6 Å². The second-order valence-electron chi connectivity index (χ2n) is 4.22. The smallest absolute Gasteiger partial charge is 0.243 e. The molecule has 0 radical (unpaired) electrons. The number of benzene rings is 2. The van der Waals surface area contributed by atoms with Crippen LogP contribution in [0.25, 0.3) is 0 Å². The standard InChI is InChI=1S/C15H11ClFN3O/c16-13-7-10(8-18)1-6-14(13)19-9-15(21)20-12-4-2-11(17)3-5-12/h1-7,19H,9H2,(H,20,21). The molecule has 0 fully saturated rings. The molecule has 0 atom stereocenters. The molecule has 0 aliphatic heterocycles. The van der Waals surface area contributed by atoms with E-state index in [-0.39, 0.29) is 18.3 Å². The van der Waals surface area contributed by atoms with E-state index in [9.17, 15) is 9.18 Å². The van der Waals surface area contributed by atoms with Gasteiger partial charge in [-0.1, -0.05) is 11.6 Å². The predicted molar refractivity (Wildman–Crippen MR) is 79.7 cm³/mol. The van der Waals surface area contributed by atoms with Gasteiger partial charge >= 0.3 is 0 Å². The molecule has 2 aromatic rings. The monoisotopic (exact) mass is 303 g/mol. The number of carbonyl (C=O) groups excluding carboxylic acids is 1. The van der Waals surface area contributed by atoms with E-state index in [1.807, 2.05) is 6.07 Å². The van der Waals surface area contributed by atoms with Crippen molar-refractivity contribution in [3.63, 3.8) is 0 Å². The van der Waals surface area contributed by atoms with Gasteiger partial charge in [-0.15, -0.1) is 0 Å². The van der Waals surface area contributed by atoms with Gasteiger partial charge in [0.1, 0.15) is 5.82 Å². The third kappa shape index (κ3) is 4.20. The number of anilines is 2. The first-order valence-electron chi connectivity index (χ1n) is 6.07. The van der Waals surface area contributed by atoms with E-state index < -0.39 is 0 Å². The summed E-state index contributed by atoms with van der Waals surface area (Å²) in [6.07, 6.45) is 0. The summed E-state index contributed by atoms with van der Waals surface area (Å²) in [6, 6.07) is 12.2. The molecule has 0 heterocycles. The maximum Gasteiger partial charge on any atom is 0.243 e. The molecule has 0 unspecified atom stereocenters. The van der Waals surface area contributed by atoms with Crippen LogP contribution in [0.15, 0.2) is 42.5 Å². The summed E-state index contributed by atoms with van der Waals surface area (Å²) in [5, 5.41) is 14.6. The minimum atomic E-state index is -0.365. The molecule has 0 aliphatic carbocycles. The van der Waals surface area contributed by atoms with Crippen LogP contribution in [0, 0.1) is 17.1 Å². The molecule has 0 aromatic heterocycles. The van der Waals surface area contributed by atoms with Crippen molar-refractivity contribution in [1.29, 1.82) is 5.26 Å². The van der Waals surface area contributed by atoms with Crippen molar-refractivity contribution in [2.24, 2.45) is 0 Å². The minimum Gasteiger partial charge on any atom is -0.375 e. The highest BCUT2D eigenvalue weighted by molar-refractivity contribution is 6.33. The van der Waals surface area contributed by atoms with Crippen LogP contribution in [0.5, 0.6) is 0 Å². The van der Waals surface area contributed by atoms with E-state index in [0.29, 0.717) is 22.0 Å². The average molecular weight is 304 g/mol. The summed E-state index contributed by atoms with van der Waals surface area (Å²) in [7, 11) is 0. The summed E-state index contributed by atoms with van der Waals surface area (Å²) >= 11 is 5.98. The Morgan fingerprint density at radius 1 is 1.24 bits per heavy atom. The molecule has 2 rings (SSSR count). The summed E-state index contributed by atoms with van der Waals surface area (Å²) < 4.78 is 12.7. The van der Waals surface area contributed by atoms with Crippen molar-refractivity contribution in [2.45, 2.75) is 0 Å². The van der Waals surface area contributed by atoms with Crippen LogP contribution >= 0.6 is 11.6 Å². The van der Waals surface area contributed by atoms with Crippen LogP contribution in [0.1, 0.15) is 5.56 Å². The number of carbonyl (C=O) groups is 1. The van der Waals surface area contributed by atoms with Gasteiger partial charge in [0.15, 0.2) is 0 Å². The lowest BCUT2D eigenvalue weighted by Crippen LogP contribution is -2.21. The summed E-state index contributed by atoms with van der Waals surface area (Å²) in [4.78, 5) is 11.7. The molecule has 6 heteroatoms. The number of hydrogen-bond acceptors (Lipinski definition) is 3. The molecular formula is C15H11ClFN3O. The van der Waals surface area contributed by atoms with Gasteiger partial charge in [-0.3, -0.25) is 4.79 Å². The first-order valence-corrected chi connectivity index (χ1v) is 6.45. The molecular weight excluding hydrogens is 293 g/mol. The highest BCUT2D eigenvalue weighted by Crippen LogP contribution is 2.22. The van der Waals surface area contributed by atoms with Gasteiger partial charge in [-0.25, -0.2) is 4.39 Å². The van der Waals surface area contributed by atoms with E-state index in [1.165, 1.54) is 30.3 Å². The Kier molecular flexibility index (Phi) is 4.75. The third-order valence-electron chi connectivity index (χ3n) is 2.67. The normalized spacial score (nSPS) is 9.76. The quantitative estimate of drug-likeness (QED) is 0.910. The van der Waals surface area contributed by atoms with E-state index in [2.05, 4.69) is 10.6 Å². The zero-order chi connectivity index (χ0) is 15.2. The van der Waals surface area contributed by atoms with Crippen molar-refractivity contribution < 1.29 is 9.18 Å². The molecule has 2 aromatic carbocycles.